The normalized spacial score (nSPS) is 11.3. The van der Waals surface area contributed by atoms with Crippen LogP contribution in [0.15, 0.2) is 107 Å². The van der Waals surface area contributed by atoms with Gasteiger partial charge < -0.3 is 4.74 Å². The Balaban J connectivity index is 1.55. The van der Waals surface area contributed by atoms with E-state index in [1.165, 1.54) is 10.2 Å². The third-order valence-corrected chi connectivity index (χ3v) is 5.82. The zero-order valence-electron chi connectivity index (χ0n) is 19.1. The van der Waals surface area contributed by atoms with Crippen LogP contribution in [-0.2, 0) is 6.61 Å². The van der Waals surface area contributed by atoms with Gasteiger partial charge in [0.2, 0.25) is 0 Å². The summed E-state index contributed by atoms with van der Waals surface area (Å²) in [6.45, 7) is 2.45. The van der Waals surface area contributed by atoms with Gasteiger partial charge in [-0.3, -0.25) is 4.79 Å². The van der Waals surface area contributed by atoms with Crippen molar-refractivity contribution in [1.29, 1.82) is 0 Å². The number of ether oxygens (including phenoxy) is 1. The maximum atomic E-state index is 13.4. The fraction of sp³-hybridized carbons (Fsp3) is 0.0690. The van der Waals surface area contributed by atoms with Crippen molar-refractivity contribution in [3.05, 3.63) is 129 Å². The zero-order valence-corrected chi connectivity index (χ0v) is 19.8. The molecule has 0 amide bonds. The monoisotopic (exact) mass is 479 g/mol. The van der Waals surface area contributed by atoms with Crippen LogP contribution < -0.4 is 10.3 Å². The molecule has 0 aliphatic heterocycles. The second kappa shape index (κ2) is 9.95. The summed E-state index contributed by atoms with van der Waals surface area (Å²) in [5, 5.41) is 5.58. The first-order chi connectivity index (χ1) is 17.1. The quantitative estimate of drug-likeness (QED) is 0.262. The molecule has 0 bridgehead atoms. The molecule has 0 atom stereocenters. The molecule has 0 aliphatic rings. The molecule has 6 heteroatoms. The lowest BCUT2D eigenvalue weighted by Crippen LogP contribution is -2.20. The molecule has 1 aromatic heterocycles. The van der Waals surface area contributed by atoms with Crippen molar-refractivity contribution in [1.82, 2.24) is 9.66 Å². The van der Waals surface area contributed by atoms with Crippen molar-refractivity contribution in [2.45, 2.75) is 13.5 Å². The number of benzene rings is 4. The van der Waals surface area contributed by atoms with Gasteiger partial charge in [0.15, 0.2) is 5.82 Å². The molecule has 0 saturated carbocycles. The lowest BCUT2D eigenvalue weighted by Gasteiger charge is -2.11. The van der Waals surface area contributed by atoms with Gasteiger partial charge in [-0.05, 0) is 42.8 Å². The Labute approximate surface area is 207 Å². The van der Waals surface area contributed by atoms with Gasteiger partial charge in [0.25, 0.3) is 5.56 Å². The average molecular weight is 480 g/mol. The van der Waals surface area contributed by atoms with Crippen molar-refractivity contribution in [2.75, 3.05) is 0 Å². The van der Waals surface area contributed by atoms with E-state index in [-0.39, 0.29) is 5.56 Å². The summed E-state index contributed by atoms with van der Waals surface area (Å²) in [5.41, 5.74) is 4.05. The number of rotatable bonds is 6. The van der Waals surface area contributed by atoms with Crippen LogP contribution in [0.1, 0.15) is 16.7 Å². The van der Waals surface area contributed by atoms with E-state index >= 15 is 0 Å². The molecule has 4 aromatic carbocycles. The Bertz CT molecular complexity index is 1580. The van der Waals surface area contributed by atoms with E-state index in [0.29, 0.717) is 39.7 Å². The minimum atomic E-state index is -0.255. The molecule has 5 rings (SSSR count). The van der Waals surface area contributed by atoms with Crippen LogP contribution in [0.4, 0.5) is 0 Å². The summed E-state index contributed by atoms with van der Waals surface area (Å²) in [6.07, 6.45) is 1.58. The van der Waals surface area contributed by atoms with Gasteiger partial charge >= 0.3 is 0 Å². The lowest BCUT2D eigenvalue weighted by atomic mass is 10.1. The Hall–Kier alpha value is -4.22. The SMILES string of the molecule is Cc1ccc(COc2ccc(Cl)cc2C=Nn2c(-c3ccccc3)nc3ccccc3c2=O)cc1. The molecule has 5 aromatic rings. The zero-order chi connectivity index (χ0) is 24.2. The molecule has 35 heavy (non-hydrogen) atoms. The summed E-state index contributed by atoms with van der Waals surface area (Å²) in [7, 11) is 0. The molecule has 5 nitrogen and oxygen atoms in total. The fourth-order valence-electron chi connectivity index (χ4n) is 3.72. The van der Waals surface area contributed by atoms with Gasteiger partial charge in [-0.25, -0.2) is 4.98 Å². The summed E-state index contributed by atoms with van der Waals surface area (Å²) >= 11 is 6.27. The van der Waals surface area contributed by atoms with E-state index in [4.69, 9.17) is 21.3 Å². The molecule has 0 fully saturated rings. The average Bonchev–Trinajstić information content (AvgIpc) is 2.89. The highest BCUT2D eigenvalue weighted by Crippen LogP contribution is 2.24. The van der Waals surface area contributed by atoms with Gasteiger partial charge in [-0.2, -0.15) is 9.78 Å². The van der Waals surface area contributed by atoms with Crippen molar-refractivity contribution in [3.63, 3.8) is 0 Å². The van der Waals surface area contributed by atoms with Gasteiger partial charge in [0.1, 0.15) is 12.4 Å². The number of aromatic nitrogens is 2. The van der Waals surface area contributed by atoms with Gasteiger partial charge in [-0.1, -0.05) is 83.9 Å². The topological polar surface area (TPSA) is 56.5 Å². The van der Waals surface area contributed by atoms with Gasteiger partial charge in [-0.15, -0.1) is 0 Å². The predicted octanol–water partition coefficient (Wildman–Crippen LogP) is 6.49. The van der Waals surface area contributed by atoms with Gasteiger partial charge in [0, 0.05) is 16.1 Å². The number of aryl methyl sites for hydroxylation is 1. The van der Waals surface area contributed by atoms with Crippen LogP contribution in [0.3, 0.4) is 0 Å². The maximum Gasteiger partial charge on any atom is 0.282 e. The Morgan fingerprint density at radius 3 is 2.49 bits per heavy atom. The highest BCUT2D eigenvalue weighted by atomic mass is 35.5. The molecule has 0 saturated heterocycles. The Kier molecular flexibility index (Phi) is 6.42. The van der Waals surface area contributed by atoms with E-state index in [0.717, 1.165) is 11.1 Å². The van der Waals surface area contributed by atoms with Crippen LogP contribution in [0.2, 0.25) is 5.02 Å². The number of hydrogen-bond acceptors (Lipinski definition) is 4. The van der Waals surface area contributed by atoms with Crippen molar-refractivity contribution >= 4 is 28.7 Å². The minimum absolute atomic E-state index is 0.255. The third kappa shape index (κ3) is 5.00. The molecule has 1 heterocycles. The first-order valence-electron chi connectivity index (χ1n) is 11.2. The van der Waals surface area contributed by atoms with Crippen LogP contribution in [-0.4, -0.2) is 15.9 Å². The van der Waals surface area contributed by atoms with Crippen LogP contribution in [0, 0.1) is 6.92 Å². The van der Waals surface area contributed by atoms with Crippen LogP contribution >= 0.6 is 11.6 Å². The van der Waals surface area contributed by atoms with Crippen molar-refractivity contribution in [2.24, 2.45) is 5.10 Å². The van der Waals surface area contributed by atoms with Crippen LogP contribution in [0.25, 0.3) is 22.3 Å². The van der Waals surface area contributed by atoms with E-state index in [2.05, 4.69) is 5.10 Å². The molecule has 172 valence electrons. The molecule has 0 unspecified atom stereocenters. The highest BCUT2D eigenvalue weighted by molar-refractivity contribution is 6.30. The first kappa shape index (κ1) is 22.6. The van der Waals surface area contributed by atoms with Crippen molar-refractivity contribution < 1.29 is 4.74 Å². The smallest absolute Gasteiger partial charge is 0.282 e. The Morgan fingerprint density at radius 2 is 1.69 bits per heavy atom. The standard InChI is InChI=1S/C29H22ClN3O2/c1-20-11-13-21(14-12-20)19-35-27-16-15-24(30)17-23(27)18-31-33-28(22-7-3-2-4-8-22)32-26-10-6-5-9-25(26)29(33)34/h2-18H,19H2,1H3. The number of halogens is 1. The molecule has 0 aliphatic carbocycles. The molecule has 0 radical (unpaired) electrons. The third-order valence-electron chi connectivity index (χ3n) is 5.58. The summed E-state index contributed by atoms with van der Waals surface area (Å²) in [6, 6.07) is 30.3. The fourth-order valence-corrected chi connectivity index (χ4v) is 3.90. The molecule has 0 N–H and O–H groups in total. The van der Waals surface area contributed by atoms with Gasteiger partial charge in [0.05, 0.1) is 17.1 Å². The molecule has 0 spiro atoms. The number of para-hydroxylation sites is 1. The van der Waals surface area contributed by atoms with E-state index in [1.54, 1.807) is 30.5 Å². The molecular weight excluding hydrogens is 458 g/mol. The summed E-state index contributed by atoms with van der Waals surface area (Å²) < 4.78 is 7.39. The van der Waals surface area contributed by atoms with E-state index in [9.17, 15) is 4.79 Å². The Morgan fingerprint density at radius 1 is 0.943 bits per heavy atom. The van der Waals surface area contributed by atoms with E-state index in [1.807, 2.05) is 79.7 Å². The first-order valence-corrected chi connectivity index (χ1v) is 11.6. The molecular formula is C29H22ClN3O2. The lowest BCUT2D eigenvalue weighted by molar-refractivity contribution is 0.306. The number of hydrogen-bond donors (Lipinski definition) is 0. The number of nitrogens with zero attached hydrogens (tertiary/aromatic N) is 3. The predicted molar refractivity (Wildman–Crippen MR) is 141 cm³/mol. The number of fused-ring (bicyclic) bond motifs is 1. The summed E-state index contributed by atoms with van der Waals surface area (Å²) in [5.74, 6) is 1.07. The second-order valence-electron chi connectivity index (χ2n) is 8.14. The second-order valence-corrected chi connectivity index (χ2v) is 8.57. The minimum Gasteiger partial charge on any atom is -0.488 e. The van der Waals surface area contributed by atoms with Crippen molar-refractivity contribution in [3.8, 4) is 17.1 Å². The van der Waals surface area contributed by atoms with Crippen LogP contribution in [0.5, 0.6) is 5.75 Å². The highest BCUT2D eigenvalue weighted by Gasteiger charge is 2.12. The van der Waals surface area contributed by atoms with E-state index < -0.39 is 0 Å². The maximum absolute atomic E-state index is 13.4. The largest absolute Gasteiger partial charge is 0.488 e. The summed E-state index contributed by atoms with van der Waals surface area (Å²) in [4.78, 5) is 18.1.